The third-order valence-corrected chi connectivity index (χ3v) is 1.67. The second-order valence-corrected chi connectivity index (χ2v) is 3.24. The van der Waals surface area contributed by atoms with E-state index in [-0.39, 0.29) is 19.1 Å². The van der Waals surface area contributed by atoms with Gasteiger partial charge in [0.15, 0.2) is 0 Å². The summed E-state index contributed by atoms with van der Waals surface area (Å²) >= 11 is 0. The smallest absolute Gasteiger partial charge is 0.377 e. The summed E-state index contributed by atoms with van der Waals surface area (Å²) in [4.78, 5) is 0. The Balaban J connectivity index is 3.32. The maximum atomic E-state index is 11.7. The van der Waals surface area contributed by atoms with Crippen molar-refractivity contribution in [1.82, 2.24) is 5.32 Å². The average molecular weight is 223 g/mol. The van der Waals surface area contributed by atoms with E-state index in [1.165, 1.54) is 0 Å². The maximum absolute atomic E-state index is 11.7. The van der Waals surface area contributed by atoms with E-state index < -0.39 is 12.6 Å². The van der Waals surface area contributed by atoms with Gasteiger partial charge < -0.3 is 10.1 Å². The molecule has 0 amide bonds. The van der Waals surface area contributed by atoms with Crippen molar-refractivity contribution in [3.63, 3.8) is 0 Å². The topological polar surface area (TPSA) is 21.3 Å². The molecule has 0 bridgehead atoms. The minimum atomic E-state index is -4.09. The number of alkyl halides is 3. The highest BCUT2D eigenvalue weighted by atomic mass is 19.4. The Labute approximate surface area is 88.2 Å². The van der Waals surface area contributed by atoms with Gasteiger partial charge in [-0.05, 0) is 13.3 Å². The van der Waals surface area contributed by atoms with Crippen LogP contribution in [0.25, 0.3) is 0 Å². The zero-order valence-corrected chi connectivity index (χ0v) is 8.73. The molecule has 5 heteroatoms. The zero-order chi connectivity index (χ0) is 11.7. The van der Waals surface area contributed by atoms with Gasteiger partial charge in [-0.15, -0.1) is 6.42 Å². The Bertz CT molecular complexity index is 198. The van der Waals surface area contributed by atoms with Crippen LogP contribution in [-0.4, -0.2) is 32.0 Å². The van der Waals surface area contributed by atoms with Crippen LogP contribution in [0.4, 0.5) is 13.2 Å². The van der Waals surface area contributed by atoms with E-state index in [9.17, 15) is 13.2 Å². The lowest BCUT2D eigenvalue weighted by Crippen LogP contribution is -2.27. The van der Waals surface area contributed by atoms with Crippen LogP contribution in [-0.2, 0) is 4.74 Å². The Morgan fingerprint density at radius 3 is 2.67 bits per heavy atom. The highest BCUT2D eigenvalue weighted by Gasteiger charge is 2.26. The number of hydrogen-bond donors (Lipinski definition) is 1. The molecule has 1 atom stereocenters. The Morgan fingerprint density at radius 1 is 1.47 bits per heavy atom. The van der Waals surface area contributed by atoms with Gasteiger partial charge in [-0.1, -0.05) is 5.92 Å². The predicted molar refractivity (Wildman–Crippen MR) is 52.4 cm³/mol. The summed E-state index contributed by atoms with van der Waals surface area (Å²) in [5.41, 5.74) is 0. The molecule has 1 unspecified atom stereocenters. The Hall–Kier alpha value is -0.730. The first kappa shape index (κ1) is 14.3. The lowest BCUT2D eigenvalue weighted by molar-refractivity contribution is -0.138. The molecule has 0 aromatic heterocycles. The number of ether oxygens (including phenoxy) is 1. The van der Waals surface area contributed by atoms with Gasteiger partial charge in [-0.25, -0.2) is 0 Å². The molecule has 0 rings (SSSR count). The van der Waals surface area contributed by atoms with Crippen molar-refractivity contribution in [2.24, 2.45) is 0 Å². The average Bonchev–Trinajstić information content (AvgIpc) is 2.11. The molecule has 0 aliphatic carbocycles. The van der Waals surface area contributed by atoms with E-state index in [0.29, 0.717) is 13.1 Å². The zero-order valence-electron chi connectivity index (χ0n) is 8.73. The first-order valence-corrected chi connectivity index (χ1v) is 4.78. The van der Waals surface area contributed by atoms with Crippen molar-refractivity contribution in [2.75, 3.05) is 19.7 Å². The van der Waals surface area contributed by atoms with Crippen molar-refractivity contribution < 1.29 is 17.9 Å². The van der Waals surface area contributed by atoms with Crippen molar-refractivity contribution >= 4 is 0 Å². The van der Waals surface area contributed by atoms with Crippen molar-refractivity contribution in [1.29, 1.82) is 0 Å². The van der Waals surface area contributed by atoms with E-state index in [2.05, 4.69) is 11.2 Å². The van der Waals surface area contributed by atoms with Gasteiger partial charge in [-0.2, -0.15) is 13.2 Å². The van der Waals surface area contributed by atoms with Crippen LogP contribution in [0.2, 0.25) is 0 Å². The highest BCUT2D eigenvalue weighted by molar-refractivity contribution is 4.86. The maximum Gasteiger partial charge on any atom is 0.389 e. The molecule has 0 aromatic rings. The third-order valence-electron chi connectivity index (χ3n) is 1.67. The molecule has 1 N–H and O–H groups in total. The third kappa shape index (κ3) is 11.2. The van der Waals surface area contributed by atoms with E-state index in [0.717, 1.165) is 0 Å². The SMILES string of the molecule is C#CCNCC(C)OCCCC(F)(F)F. The van der Waals surface area contributed by atoms with Crippen LogP contribution in [0.5, 0.6) is 0 Å². The molecule has 2 nitrogen and oxygen atoms in total. The Morgan fingerprint density at radius 2 is 2.13 bits per heavy atom. The summed E-state index contributed by atoms with van der Waals surface area (Å²) in [6.07, 6.45) is 0.00688. The first-order chi connectivity index (χ1) is 6.95. The number of hydrogen-bond acceptors (Lipinski definition) is 2. The lowest BCUT2D eigenvalue weighted by atomic mass is 10.3. The van der Waals surface area contributed by atoms with Crippen molar-refractivity contribution in [3.05, 3.63) is 0 Å². The number of halogens is 3. The fourth-order valence-corrected chi connectivity index (χ4v) is 0.964. The summed E-state index contributed by atoms with van der Waals surface area (Å²) in [6, 6.07) is 0. The molecule has 0 aliphatic heterocycles. The number of terminal acetylenes is 1. The van der Waals surface area contributed by atoms with Gasteiger partial charge in [0.1, 0.15) is 0 Å². The van der Waals surface area contributed by atoms with E-state index in [4.69, 9.17) is 11.2 Å². The quantitative estimate of drug-likeness (QED) is 0.526. The molecule has 0 radical (unpaired) electrons. The fraction of sp³-hybridized carbons (Fsp3) is 0.800. The van der Waals surface area contributed by atoms with Gasteiger partial charge in [0.25, 0.3) is 0 Å². The van der Waals surface area contributed by atoms with Crippen LogP contribution in [0.15, 0.2) is 0 Å². The molecule has 0 aromatic carbocycles. The molecule has 0 spiro atoms. The van der Waals surface area contributed by atoms with Crippen molar-refractivity contribution in [2.45, 2.75) is 32.0 Å². The lowest BCUT2D eigenvalue weighted by Gasteiger charge is -2.13. The Kier molecular flexibility index (Phi) is 7.18. The largest absolute Gasteiger partial charge is 0.389 e. The van der Waals surface area contributed by atoms with Crippen molar-refractivity contribution in [3.8, 4) is 12.3 Å². The highest BCUT2D eigenvalue weighted by Crippen LogP contribution is 2.21. The predicted octanol–water partition coefficient (Wildman–Crippen LogP) is 1.96. The second kappa shape index (κ2) is 7.55. The normalized spacial score (nSPS) is 13.5. The molecular weight excluding hydrogens is 207 g/mol. The van der Waals surface area contributed by atoms with E-state index >= 15 is 0 Å². The molecule has 88 valence electrons. The summed E-state index contributed by atoms with van der Waals surface area (Å²) in [7, 11) is 0. The minimum Gasteiger partial charge on any atom is -0.377 e. The van der Waals surface area contributed by atoms with Gasteiger partial charge in [-0.3, -0.25) is 0 Å². The monoisotopic (exact) mass is 223 g/mol. The minimum absolute atomic E-state index is 0.00296. The summed E-state index contributed by atoms with van der Waals surface area (Å²) in [5, 5.41) is 2.91. The fourth-order valence-electron chi connectivity index (χ4n) is 0.964. The molecule has 0 heterocycles. The van der Waals surface area contributed by atoms with Gasteiger partial charge >= 0.3 is 6.18 Å². The summed E-state index contributed by atoms with van der Waals surface area (Å²) < 4.78 is 40.4. The van der Waals surface area contributed by atoms with Crippen LogP contribution >= 0.6 is 0 Å². The first-order valence-electron chi connectivity index (χ1n) is 4.78. The molecule has 0 aliphatic rings. The second-order valence-electron chi connectivity index (χ2n) is 3.24. The van der Waals surface area contributed by atoms with E-state index in [1.807, 2.05) is 0 Å². The van der Waals surface area contributed by atoms with E-state index in [1.54, 1.807) is 6.92 Å². The van der Waals surface area contributed by atoms with Crippen LogP contribution in [0, 0.1) is 12.3 Å². The van der Waals surface area contributed by atoms with Crippen LogP contribution in [0.1, 0.15) is 19.8 Å². The molecule has 0 saturated carbocycles. The van der Waals surface area contributed by atoms with Crippen LogP contribution in [0.3, 0.4) is 0 Å². The molecule has 0 fully saturated rings. The number of rotatable bonds is 7. The molecular formula is C10H16F3NO. The van der Waals surface area contributed by atoms with Crippen LogP contribution < -0.4 is 5.32 Å². The summed E-state index contributed by atoms with van der Waals surface area (Å²) in [5.74, 6) is 2.39. The molecule has 0 saturated heterocycles. The molecule has 15 heavy (non-hydrogen) atoms. The van der Waals surface area contributed by atoms with Gasteiger partial charge in [0, 0.05) is 19.6 Å². The summed E-state index contributed by atoms with van der Waals surface area (Å²) in [6.45, 7) is 2.90. The van der Waals surface area contributed by atoms with Gasteiger partial charge in [0.05, 0.1) is 12.6 Å². The van der Waals surface area contributed by atoms with Gasteiger partial charge in [0.2, 0.25) is 0 Å². The standard InChI is InChI=1S/C10H16F3NO/c1-3-6-14-8-9(2)15-7-4-5-10(11,12)13/h1,9,14H,4-8H2,2H3. The number of nitrogens with one attached hydrogen (secondary N) is 1.